The molecule has 5 heteroatoms. The molecule has 0 saturated heterocycles. The van der Waals surface area contributed by atoms with Crippen LogP contribution < -0.4 is 5.32 Å². The zero-order valence-corrected chi connectivity index (χ0v) is 11.7. The molecule has 0 heterocycles. The highest BCUT2D eigenvalue weighted by atomic mass is 16.5. The largest absolute Gasteiger partial charge is 0.480 e. The summed E-state index contributed by atoms with van der Waals surface area (Å²) in [5.74, 6) is -1.24. The van der Waals surface area contributed by atoms with Gasteiger partial charge in [-0.3, -0.25) is 4.79 Å². The minimum atomic E-state index is -1.08. The highest BCUT2D eigenvalue weighted by molar-refractivity contribution is 5.87. The van der Waals surface area contributed by atoms with Crippen molar-refractivity contribution in [1.29, 1.82) is 0 Å². The van der Waals surface area contributed by atoms with Crippen molar-refractivity contribution in [2.45, 2.75) is 63.8 Å². The van der Waals surface area contributed by atoms with Gasteiger partial charge < -0.3 is 15.2 Å². The van der Waals surface area contributed by atoms with Crippen LogP contribution in [0.2, 0.25) is 0 Å². The van der Waals surface area contributed by atoms with Gasteiger partial charge in [0.25, 0.3) is 0 Å². The molecule has 0 atom stereocenters. The number of ether oxygens (including phenoxy) is 1. The zero-order valence-electron chi connectivity index (χ0n) is 11.7. The molecule has 1 fully saturated rings. The molecule has 110 valence electrons. The lowest BCUT2D eigenvalue weighted by Crippen LogP contribution is -2.55. The summed E-state index contributed by atoms with van der Waals surface area (Å²) in [5.41, 5.74) is -1.08. The lowest BCUT2D eigenvalue weighted by atomic mass is 9.90. The molecule has 0 aromatic heterocycles. The summed E-state index contributed by atoms with van der Waals surface area (Å²) in [4.78, 5) is 23.3. The maximum absolute atomic E-state index is 11.8. The molecule has 0 aliphatic heterocycles. The molecule has 1 amide bonds. The van der Waals surface area contributed by atoms with Crippen molar-refractivity contribution in [2.75, 3.05) is 13.2 Å². The quantitative estimate of drug-likeness (QED) is 0.549. The van der Waals surface area contributed by atoms with Gasteiger partial charge in [0, 0.05) is 6.61 Å². The van der Waals surface area contributed by atoms with Crippen molar-refractivity contribution in [3.63, 3.8) is 0 Å². The second-order valence-corrected chi connectivity index (χ2v) is 5.26. The number of carboxylic acids is 1. The average molecular weight is 271 g/mol. The molecular formula is C14H25NO4. The molecule has 1 aliphatic rings. The van der Waals surface area contributed by atoms with Crippen molar-refractivity contribution in [3.8, 4) is 0 Å². The van der Waals surface area contributed by atoms with Crippen LogP contribution in [0.25, 0.3) is 0 Å². The first-order valence-corrected chi connectivity index (χ1v) is 7.23. The summed E-state index contributed by atoms with van der Waals surface area (Å²) in [6.07, 6.45) is 6.74. The first kappa shape index (κ1) is 16.0. The third-order valence-corrected chi connectivity index (χ3v) is 3.62. The van der Waals surface area contributed by atoms with Crippen molar-refractivity contribution in [2.24, 2.45) is 0 Å². The number of carbonyl (C=O) groups excluding carboxylic acids is 1. The summed E-state index contributed by atoms with van der Waals surface area (Å²) in [6, 6.07) is 0. The van der Waals surface area contributed by atoms with Crippen LogP contribution in [0.5, 0.6) is 0 Å². The predicted octanol–water partition coefficient (Wildman–Crippen LogP) is 2.10. The van der Waals surface area contributed by atoms with E-state index in [1.165, 1.54) is 0 Å². The zero-order chi connectivity index (χ0) is 14.1. The Bertz CT molecular complexity index is 296. The van der Waals surface area contributed by atoms with Gasteiger partial charge in [0.2, 0.25) is 5.91 Å². The molecule has 0 radical (unpaired) electrons. The summed E-state index contributed by atoms with van der Waals surface area (Å²) >= 11 is 0. The van der Waals surface area contributed by atoms with Crippen LogP contribution in [0.1, 0.15) is 58.3 Å². The fourth-order valence-corrected chi connectivity index (χ4v) is 2.44. The third-order valence-electron chi connectivity index (χ3n) is 3.62. The number of carbonyl (C=O) groups is 2. The number of aliphatic carboxylic acids is 1. The summed E-state index contributed by atoms with van der Waals surface area (Å²) in [7, 11) is 0. The van der Waals surface area contributed by atoms with Gasteiger partial charge in [-0.2, -0.15) is 0 Å². The first-order valence-electron chi connectivity index (χ1n) is 7.23. The SMILES string of the molecule is CCCCOCC(=O)NC1(C(=O)O)CCCCCC1. The smallest absolute Gasteiger partial charge is 0.329 e. The van der Waals surface area contributed by atoms with Crippen LogP contribution in [0.3, 0.4) is 0 Å². The Morgan fingerprint density at radius 1 is 1.21 bits per heavy atom. The van der Waals surface area contributed by atoms with Crippen LogP contribution in [0, 0.1) is 0 Å². The van der Waals surface area contributed by atoms with E-state index in [1.807, 2.05) is 6.92 Å². The van der Waals surface area contributed by atoms with Gasteiger partial charge in [0.1, 0.15) is 12.1 Å². The van der Waals surface area contributed by atoms with Crippen LogP contribution in [-0.2, 0) is 14.3 Å². The molecular weight excluding hydrogens is 246 g/mol. The van der Waals surface area contributed by atoms with Crippen molar-refractivity contribution >= 4 is 11.9 Å². The van der Waals surface area contributed by atoms with Gasteiger partial charge in [-0.1, -0.05) is 39.0 Å². The maximum Gasteiger partial charge on any atom is 0.329 e. The monoisotopic (exact) mass is 271 g/mol. The van der Waals surface area contributed by atoms with E-state index in [9.17, 15) is 14.7 Å². The molecule has 0 aromatic rings. The lowest BCUT2D eigenvalue weighted by Gasteiger charge is -2.29. The van der Waals surface area contributed by atoms with Crippen LogP contribution in [-0.4, -0.2) is 35.7 Å². The maximum atomic E-state index is 11.8. The van der Waals surface area contributed by atoms with Gasteiger partial charge in [-0.25, -0.2) is 4.79 Å². The number of hydrogen-bond acceptors (Lipinski definition) is 3. The second kappa shape index (κ2) is 8.15. The molecule has 5 nitrogen and oxygen atoms in total. The Morgan fingerprint density at radius 2 is 1.84 bits per heavy atom. The Kier molecular flexibility index (Phi) is 6.84. The topological polar surface area (TPSA) is 75.6 Å². The van der Waals surface area contributed by atoms with E-state index in [4.69, 9.17) is 4.74 Å². The molecule has 0 unspecified atom stereocenters. The van der Waals surface area contributed by atoms with E-state index in [0.717, 1.165) is 38.5 Å². The Labute approximate surface area is 114 Å². The highest BCUT2D eigenvalue weighted by Gasteiger charge is 2.39. The lowest BCUT2D eigenvalue weighted by molar-refractivity contribution is -0.149. The van der Waals surface area contributed by atoms with E-state index < -0.39 is 11.5 Å². The molecule has 1 rings (SSSR count). The summed E-state index contributed by atoms with van der Waals surface area (Å²) in [6.45, 7) is 2.55. The van der Waals surface area contributed by atoms with E-state index in [-0.39, 0.29) is 12.5 Å². The highest BCUT2D eigenvalue weighted by Crippen LogP contribution is 2.27. The summed E-state index contributed by atoms with van der Waals surface area (Å²) in [5, 5.41) is 12.1. The number of rotatable bonds is 7. The molecule has 1 saturated carbocycles. The number of amides is 1. The van der Waals surface area contributed by atoms with Crippen molar-refractivity contribution in [1.82, 2.24) is 5.32 Å². The van der Waals surface area contributed by atoms with Gasteiger partial charge in [-0.15, -0.1) is 0 Å². The van der Waals surface area contributed by atoms with Crippen LogP contribution >= 0.6 is 0 Å². The third kappa shape index (κ3) is 5.19. The average Bonchev–Trinajstić information content (AvgIpc) is 2.61. The van der Waals surface area contributed by atoms with E-state index in [0.29, 0.717) is 19.4 Å². The van der Waals surface area contributed by atoms with E-state index >= 15 is 0 Å². The van der Waals surface area contributed by atoms with E-state index in [2.05, 4.69) is 5.32 Å². The Hall–Kier alpha value is -1.10. The molecule has 0 aromatic carbocycles. The predicted molar refractivity (Wildman–Crippen MR) is 71.9 cm³/mol. The Morgan fingerprint density at radius 3 is 2.37 bits per heavy atom. The minimum absolute atomic E-state index is 0.0466. The van der Waals surface area contributed by atoms with Gasteiger partial charge >= 0.3 is 5.97 Å². The summed E-state index contributed by atoms with van der Waals surface area (Å²) < 4.78 is 5.23. The molecule has 2 N–H and O–H groups in total. The molecule has 19 heavy (non-hydrogen) atoms. The van der Waals surface area contributed by atoms with Gasteiger partial charge in [0.15, 0.2) is 0 Å². The van der Waals surface area contributed by atoms with E-state index in [1.54, 1.807) is 0 Å². The normalized spacial score (nSPS) is 18.6. The molecule has 1 aliphatic carbocycles. The number of hydrogen-bond donors (Lipinski definition) is 2. The van der Waals surface area contributed by atoms with Gasteiger partial charge in [0.05, 0.1) is 0 Å². The fourth-order valence-electron chi connectivity index (χ4n) is 2.44. The minimum Gasteiger partial charge on any atom is -0.480 e. The molecule has 0 bridgehead atoms. The second-order valence-electron chi connectivity index (χ2n) is 5.26. The first-order chi connectivity index (χ1) is 9.10. The molecule has 0 spiro atoms. The number of nitrogens with one attached hydrogen (secondary N) is 1. The van der Waals surface area contributed by atoms with Crippen molar-refractivity contribution in [3.05, 3.63) is 0 Å². The fraction of sp³-hybridized carbons (Fsp3) is 0.857. The number of unbranched alkanes of at least 4 members (excludes halogenated alkanes) is 1. The van der Waals surface area contributed by atoms with Gasteiger partial charge in [-0.05, 0) is 19.3 Å². The van der Waals surface area contributed by atoms with Crippen LogP contribution in [0.4, 0.5) is 0 Å². The Balaban J connectivity index is 2.48. The van der Waals surface area contributed by atoms with Crippen molar-refractivity contribution < 1.29 is 19.4 Å². The van der Waals surface area contributed by atoms with Crippen LogP contribution in [0.15, 0.2) is 0 Å². The standard InChI is InChI=1S/C14H25NO4/c1-2-3-10-19-11-12(16)15-14(13(17)18)8-6-4-5-7-9-14/h2-11H2,1H3,(H,15,16)(H,17,18). The number of carboxylic acid groups (broad SMARTS) is 1.